The molecule has 0 aliphatic heterocycles. The summed E-state index contributed by atoms with van der Waals surface area (Å²) in [7, 11) is 0. The van der Waals surface area contributed by atoms with Gasteiger partial charge in [0.15, 0.2) is 17.5 Å². The van der Waals surface area contributed by atoms with Crippen LogP contribution in [-0.4, -0.2) is 33.2 Å². The molecule has 11 aromatic carbocycles. The van der Waals surface area contributed by atoms with E-state index in [4.69, 9.17) is 15.0 Å². The number of nitriles is 1. The average Bonchev–Trinajstić information content (AvgIpc) is 4.43. The van der Waals surface area contributed by atoms with Crippen LogP contribution in [0.4, 0.5) is 0 Å². The molecule has 0 aliphatic rings. The molecular formula is C70H42N8. The van der Waals surface area contributed by atoms with E-state index in [2.05, 4.69) is 206 Å². The molecule has 0 atom stereocenters. The maximum atomic E-state index is 11.3. The zero-order chi connectivity index (χ0) is 51.4. The molecule has 0 spiro atoms. The Morgan fingerprint density at radius 3 is 0.923 bits per heavy atom. The van der Waals surface area contributed by atoms with Gasteiger partial charge in [-0.3, -0.25) is 0 Å². The first kappa shape index (κ1) is 43.5. The van der Waals surface area contributed by atoms with Crippen LogP contribution in [0.5, 0.6) is 0 Å². The third-order valence-electron chi connectivity index (χ3n) is 15.6. The van der Waals surface area contributed by atoms with Crippen molar-refractivity contribution in [2.24, 2.45) is 0 Å². The third-order valence-corrected chi connectivity index (χ3v) is 15.6. The number of fused-ring (bicyclic) bond motifs is 12. The van der Waals surface area contributed by atoms with Crippen molar-refractivity contribution in [3.63, 3.8) is 0 Å². The average molecular weight is 995 g/mol. The number of benzene rings is 11. The second-order valence-corrected chi connectivity index (χ2v) is 19.9. The van der Waals surface area contributed by atoms with E-state index in [0.717, 1.165) is 105 Å². The van der Waals surface area contributed by atoms with Crippen molar-refractivity contribution in [3.8, 4) is 63.0 Å². The smallest absolute Gasteiger partial charge is 0.168 e. The lowest BCUT2D eigenvalue weighted by Gasteiger charge is -2.20. The van der Waals surface area contributed by atoms with Gasteiger partial charge in [0.25, 0.3) is 0 Å². The molecule has 78 heavy (non-hydrogen) atoms. The quantitative estimate of drug-likeness (QED) is 0.159. The van der Waals surface area contributed by atoms with Gasteiger partial charge >= 0.3 is 0 Å². The van der Waals surface area contributed by atoms with Crippen LogP contribution in [0.3, 0.4) is 0 Å². The summed E-state index contributed by atoms with van der Waals surface area (Å²) in [6.45, 7) is 0. The minimum Gasteiger partial charge on any atom is -0.309 e. The van der Waals surface area contributed by atoms with Crippen molar-refractivity contribution in [2.45, 2.75) is 0 Å². The van der Waals surface area contributed by atoms with Crippen molar-refractivity contribution in [2.75, 3.05) is 0 Å². The van der Waals surface area contributed by atoms with Crippen molar-refractivity contribution in [1.29, 1.82) is 5.26 Å². The summed E-state index contributed by atoms with van der Waals surface area (Å²) in [4.78, 5) is 16.2. The fraction of sp³-hybridized carbons (Fsp3) is 0. The van der Waals surface area contributed by atoms with E-state index in [0.29, 0.717) is 23.0 Å². The normalized spacial score (nSPS) is 11.8. The third kappa shape index (κ3) is 6.49. The van der Waals surface area contributed by atoms with Crippen LogP contribution in [0.25, 0.3) is 144 Å². The first-order chi connectivity index (χ1) is 38.7. The fourth-order valence-corrected chi connectivity index (χ4v) is 12.3. The van der Waals surface area contributed by atoms with E-state index in [1.165, 1.54) is 21.5 Å². The van der Waals surface area contributed by atoms with Crippen LogP contribution in [0.1, 0.15) is 5.56 Å². The standard InChI is InChI=1S/C70H42N8/c71-43-44-39-65(77-61-33-17-11-27-53(61)55-41-47(35-37-63(55)77)75-57-29-13-7-23-49(57)50-24-8-14-30-58(50)75)67(70-73-68(45-19-3-1-4-20-45)72-69(74-70)46-21-5-2-6-22-46)66(40-44)78-62-34-18-12-28-54(62)56-42-48(36-38-64(56)78)76-59-31-15-9-25-51(59)52-26-10-16-32-60(52)76/h1-42H. The van der Waals surface area contributed by atoms with Crippen LogP contribution in [0, 0.1) is 11.3 Å². The fourth-order valence-electron chi connectivity index (χ4n) is 12.3. The highest BCUT2D eigenvalue weighted by molar-refractivity contribution is 6.15. The Kier molecular flexibility index (Phi) is 9.53. The van der Waals surface area contributed by atoms with E-state index in [9.17, 15) is 5.26 Å². The van der Waals surface area contributed by atoms with Gasteiger partial charge in [-0.25, -0.2) is 15.0 Å². The Hall–Kier alpha value is -10.9. The molecule has 0 bridgehead atoms. The van der Waals surface area contributed by atoms with Crippen molar-refractivity contribution < 1.29 is 0 Å². The molecule has 362 valence electrons. The lowest BCUT2D eigenvalue weighted by Crippen LogP contribution is -2.08. The number of nitrogens with zero attached hydrogens (tertiary/aromatic N) is 8. The topological polar surface area (TPSA) is 82.2 Å². The molecular weight excluding hydrogens is 953 g/mol. The predicted molar refractivity (Wildman–Crippen MR) is 318 cm³/mol. The summed E-state index contributed by atoms with van der Waals surface area (Å²) in [5.41, 5.74) is 15.1. The van der Waals surface area contributed by atoms with Gasteiger partial charge in [-0.2, -0.15) is 5.26 Å². The highest BCUT2D eigenvalue weighted by Gasteiger charge is 2.27. The number of para-hydroxylation sites is 6. The summed E-state index contributed by atoms with van der Waals surface area (Å²) in [5, 5.41) is 20.4. The molecule has 0 unspecified atom stereocenters. The Bertz CT molecular complexity index is 4750. The molecule has 0 fully saturated rings. The van der Waals surface area contributed by atoms with Crippen LogP contribution >= 0.6 is 0 Å². The van der Waals surface area contributed by atoms with Crippen molar-refractivity contribution >= 4 is 87.2 Å². The predicted octanol–water partition coefficient (Wildman–Crippen LogP) is 17.1. The summed E-state index contributed by atoms with van der Waals surface area (Å²) in [6, 6.07) is 92.0. The first-order valence-electron chi connectivity index (χ1n) is 26.2. The van der Waals surface area contributed by atoms with Gasteiger partial charge in [0.1, 0.15) is 0 Å². The Morgan fingerprint density at radius 1 is 0.269 bits per heavy atom. The van der Waals surface area contributed by atoms with Crippen LogP contribution in [0.15, 0.2) is 255 Å². The monoisotopic (exact) mass is 994 g/mol. The number of hydrogen-bond acceptors (Lipinski definition) is 4. The minimum absolute atomic E-state index is 0.470. The maximum absolute atomic E-state index is 11.3. The largest absolute Gasteiger partial charge is 0.309 e. The van der Waals surface area contributed by atoms with E-state index in [1.807, 2.05) is 72.8 Å². The highest BCUT2D eigenvalue weighted by atomic mass is 15.1. The molecule has 0 aliphatic carbocycles. The Labute approximate surface area is 446 Å². The number of hydrogen-bond donors (Lipinski definition) is 0. The summed E-state index contributed by atoms with van der Waals surface area (Å²) < 4.78 is 9.35. The van der Waals surface area contributed by atoms with Gasteiger partial charge in [-0.1, -0.05) is 170 Å². The molecule has 0 N–H and O–H groups in total. The molecule has 5 aromatic heterocycles. The summed E-state index contributed by atoms with van der Waals surface area (Å²) in [5.74, 6) is 1.55. The Balaban J connectivity index is 1.02. The molecule has 0 amide bonds. The van der Waals surface area contributed by atoms with E-state index in [-0.39, 0.29) is 0 Å². The van der Waals surface area contributed by atoms with E-state index in [1.54, 1.807) is 0 Å². The lowest BCUT2D eigenvalue weighted by atomic mass is 10.0. The van der Waals surface area contributed by atoms with E-state index < -0.39 is 0 Å². The van der Waals surface area contributed by atoms with Crippen molar-refractivity contribution in [1.82, 2.24) is 33.2 Å². The summed E-state index contributed by atoms with van der Waals surface area (Å²) >= 11 is 0. The molecule has 16 rings (SSSR count). The second-order valence-electron chi connectivity index (χ2n) is 19.9. The van der Waals surface area contributed by atoms with E-state index >= 15 is 0 Å². The molecule has 8 heteroatoms. The van der Waals surface area contributed by atoms with Gasteiger partial charge in [0.2, 0.25) is 0 Å². The maximum Gasteiger partial charge on any atom is 0.168 e. The van der Waals surface area contributed by atoms with Crippen LogP contribution in [-0.2, 0) is 0 Å². The molecule has 0 radical (unpaired) electrons. The zero-order valence-electron chi connectivity index (χ0n) is 41.8. The van der Waals surface area contributed by atoms with Gasteiger partial charge in [0, 0.05) is 65.6 Å². The zero-order valence-corrected chi connectivity index (χ0v) is 41.8. The number of aromatic nitrogens is 7. The van der Waals surface area contributed by atoms with Crippen LogP contribution in [0.2, 0.25) is 0 Å². The molecule has 5 heterocycles. The van der Waals surface area contributed by atoms with Gasteiger partial charge in [0.05, 0.1) is 72.7 Å². The second kappa shape index (κ2) is 17.1. The highest BCUT2D eigenvalue weighted by Crippen LogP contribution is 2.45. The minimum atomic E-state index is 0.470. The number of rotatable bonds is 7. The van der Waals surface area contributed by atoms with Crippen LogP contribution < -0.4 is 0 Å². The molecule has 8 nitrogen and oxygen atoms in total. The summed E-state index contributed by atoms with van der Waals surface area (Å²) in [6.07, 6.45) is 0. The lowest BCUT2D eigenvalue weighted by molar-refractivity contribution is 1.05. The Morgan fingerprint density at radius 2 is 0.564 bits per heavy atom. The SMILES string of the molecule is N#Cc1cc(-n2c3ccccc3c3cc(-n4c5ccccc5c5ccccc54)ccc32)c(-c2nc(-c3ccccc3)nc(-c3ccccc3)n2)c(-n2c3ccccc3c3cc(-n4c5ccccc5c5ccccc54)ccc32)c1. The molecule has 0 saturated carbocycles. The van der Waals surface area contributed by atoms with Gasteiger partial charge in [-0.05, 0) is 84.9 Å². The first-order valence-corrected chi connectivity index (χ1v) is 26.2. The molecule has 0 saturated heterocycles. The van der Waals surface area contributed by atoms with Gasteiger partial charge in [-0.15, -0.1) is 0 Å². The molecule has 16 aromatic rings. The van der Waals surface area contributed by atoms with Gasteiger partial charge < -0.3 is 18.3 Å². The van der Waals surface area contributed by atoms with Crippen molar-refractivity contribution in [3.05, 3.63) is 260 Å².